The molecule has 0 bridgehead atoms. The van der Waals surface area contributed by atoms with Crippen LogP contribution < -0.4 is 5.43 Å². The van der Waals surface area contributed by atoms with Gasteiger partial charge in [0.2, 0.25) is 0 Å². The Morgan fingerprint density at radius 2 is 1.94 bits per heavy atom. The molecule has 3 aliphatic rings. The van der Waals surface area contributed by atoms with Crippen LogP contribution >= 0.6 is 0 Å². The smallest absolute Gasteiger partial charge is 0.132 e. The van der Waals surface area contributed by atoms with Crippen molar-refractivity contribution < 1.29 is 4.39 Å². The highest BCUT2D eigenvalue weighted by Crippen LogP contribution is 2.33. The van der Waals surface area contributed by atoms with Gasteiger partial charge in [0, 0.05) is 60.4 Å². The lowest BCUT2D eigenvalue weighted by Crippen LogP contribution is -2.49. The summed E-state index contributed by atoms with van der Waals surface area (Å²) in [4.78, 5) is 4.54. The van der Waals surface area contributed by atoms with E-state index in [0.717, 1.165) is 53.4 Å². The fraction of sp³-hybridized carbons (Fsp3) is 0.296. The van der Waals surface area contributed by atoms with E-state index < -0.39 is 0 Å². The van der Waals surface area contributed by atoms with Crippen molar-refractivity contribution in [2.75, 3.05) is 19.6 Å². The minimum atomic E-state index is -0.231. The molecule has 0 aromatic heterocycles. The number of nitrogens with one attached hydrogen (secondary N) is 1. The molecule has 1 saturated carbocycles. The average molecular weight is 429 g/mol. The second kappa shape index (κ2) is 8.30. The second-order valence-electron chi connectivity index (χ2n) is 9.01. The van der Waals surface area contributed by atoms with Gasteiger partial charge in [0.05, 0.1) is 11.4 Å². The Labute approximate surface area is 189 Å². The quantitative estimate of drug-likeness (QED) is 0.652. The predicted octanol–water partition coefficient (Wildman–Crippen LogP) is 4.86. The first-order valence-corrected chi connectivity index (χ1v) is 11.3. The van der Waals surface area contributed by atoms with E-state index in [2.05, 4.69) is 46.1 Å². The Kier molecular flexibility index (Phi) is 5.33. The summed E-state index contributed by atoms with van der Waals surface area (Å²) in [6.07, 6.45) is 5.11. The number of benzene rings is 2. The summed E-state index contributed by atoms with van der Waals surface area (Å²) < 4.78 is 14.7. The summed E-state index contributed by atoms with van der Waals surface area (Å²) in [7, 11) is 0. The molecule has 2 aliphatic heterocycles. The number of hydrazone groups is 1. The zero-order chi connectivity index (χ0) is 22.2. The van der Waals surface area contributed by atoms with Gasteiger partial charge in [-0.2, -0.15) is 5.10 Å². The summed E-state index contributed by atoms with van der Waals surface area (Å²) in [5, 5.41) is 4.50. The Morgan fingerprint density at radius 3 is 2.66 bits per heavy atom. The third-order valence-corrected chi connectivity index (χ3v) is 6.66. The number of nitrogens with zero attached hydrogens (tertiary/aromatic N) is 3. The van der Waals surface area contributed by atoms with Crippen LogP contribution in [0.3, 0.4) is 0 Å². The molecule has 0 amide bonds. The molecule has 4 nitrogen and oxygen atoms in total. The number of hydrogen-bond donors (Lipinski definition) is 1. The Morgan fingerprint density at radius 1 is 1.19 bits per heavy atom. The van der Waals surface area contributed by atoms with Crippen LogP contribution in [-0.2, 0) is 6.42 Å². The molecule has 5 heteroatoms. The topological polar surface area (TPSA) is 30.9 Å². The summed E-state index contributed by atoms with van der Waals surface area (Å²) in [5.41, 5.74) is 9.19. The number of halogens is 1. The van der Waals surface area contributed by atoms with Crippen LogP contribution in [0.1, 0.15) is 35.1 Å². The van der Waals surface area contributed by atoms with E-state index in [1.165, 1.54) is 12.8 Å². The lowest BCUT2D eigenvalue weighted by Gasteiger charge is -2.44. The highest BCUT2D eigenvalue weighted by atomic mass is 19.1. The molecule has 0 radical (unpaired) electrons. The van der Waals surface area contributed by atoms with Crippen molar-refractivity contribution in [2.24, 2.45) is 11.0 Å². The third kappa shape index (κ3) is 3.95. The highest BCUT2D eigenvalue weighted by molar-refractivity contribution is 6.07. The van der Waals surface area contributed by atoms with Gasteiger partial charge in [-0.15, -0.1) is 0 Å². The van der Waals surface area contributed by atoms with Gasteiger partial charge in [-0.3, -0.25) is 5.43 Å². The van der Waals surface area contributed by atoms with E-state index in [1.54, 1.807) is 6.07 Å². The molecule has 2 aromatic rings. The van der Waals surface area contributed by atoms with Crippen LogP contribution in [0.15, 0.2) is 73.5 Å². The minimum Gasteiger partial charge on any atom is -0.375 e. The normalized spacial score (nSPS) is 17.7. The van der Waals surface area contributed by atoms with Crippen molar-refractivity contribution in [1.29, 1.82) is 0 Å². The highest BCUT2D eigenvalue weighted by Gasteiger charge is 2.34. The van der Waals surface area contributed by atoms with Gasteiger partial charge in [0.1, 0.15) is 5.82 Å². The van der Waals surface area contributed by atoms with Crippen molar-refractivity contribution in [3.05, 3.63) is 96.5 Å². The van der Waals surface area contributed by atoms with Gasteiger partial charge in [0.15, 0.2) is 0 Å². The van der Waals surface area contributed by atoms with Crippen LogP contribution in [0, 0.1) is 11.7 Å². The fourth-order valence-electron chi connectivity index (χ4n) is 4.64. The standard InChI is InChI=1S/C27H29FN4/c1-4-31(22-10-11-22)15-21-16-32(17-21)19(3)25-13-20(9-12-26(25)28)14-27-24-8-6-5-7-23(24)18(2)29-30-27/h4-9,12-13,21-22,29H,1-3,10-11,14-17H2. The van der Waals surface area contributed by atoms with Crippen molar-refractivity contribution in [2.45, 2.75) is 25.3 Å². The van der Waals surface area contributed by atoms with Crippen molar-refractivity contribution in [3.63, 3.8) is 0 Å². The van der Waals surface area contributed by atoms with E-state index in [4.69, 9.17) is 0 Å². The number of likely N-dealkylation sites (tertiary alicyclic amines) is 1. The van der Waals surface area contributed by atoms with E-state index >= 15 is 0 Å². The second-order valence-corrected chi connectivity index (χ2v) is 9.01. The van der Waals surface area contributed by atoms with Crippen molar-refractivity contribution >= 4 is 17.1 Å². The number of hydrogen-bond acceptors (Lipinski definition) is 4. The first-order valence-electron chi connectivity index (χ1n) is 11.3. The molecule has 164 valence electrons. The molecule has 2 fully saturated rings. The maximum atomic E-state index is 14.7. The van der Waals surface area contributed by atoms with Crippen LogP contribution in [0.4, 0.5) is 4.39 Å². The minimum absolute atomic E-state index is 0.231. The van der Waals surface area contributed by atoms with Gasteiger partial charge in [-0.1, -0.05) is 50.1 Å². The summed E-state index contributed by atoms with van der Waals surface area (Å²) >= 11 is 0. The van der Waals surface area contributed by atoms with Gasteiger partial charge < -0.3 is 9.80 Å². The first-order chi connectivity index (χ1) is 15.5. The maximum absolute atomic E-state index is 14.7. The van der Waals surface area contributed by atoms with Crippen LogP contribution in [0.25, 0.3) is 11.4 Å². The zero-order valence-corrected chi connectivity index (χ0v) is 18.4. The molecule has 2 aromatic carbocycles. The molecule has 0 unspecified atom stereocenters. The Balaban J connectivity index is 1.27. The Hall–Kier alpha value is -3.34. The molecule has 1 N–H and O–H groups in total. The molecule has 5 rings (SSSR count). The van der Waals surface area contributed by atoms with E-state index in [0.29, 0.717) is 23.9 Å². The molecule has 32 heavy (non-hydrogen) atoms. The Bertz CT molecular complexity index is 1110. The molecule has 0 spiro atoms. The summed E-state index contributed by atoms with van der Waals surface area (Å²) in [6.45, 7) is 15.0. The largest absolute Gasteiger partial charge is 0.375 e. The lowest BCUT2D eigenvalue weighted by atomic mass is 9.93. The van der Waals surface area contributed by atoms with Gasteiger partial charge in [-0.25, -0.2) is 4.39 Å². The number of fused-ring (bicyclic) bond motifs is 1. The molecule has 1 saturated heterocycles. The molecular formula is C27H29FN4. The third-order valence-electron chi connectivity index (χ3n) is 6.66. The van der Waals surface area contributed by atoms with Gasteiger partial charge >= 0.3 is 0 Å². The average Bonchev–Trinajstić information content (AvgIpc) is 3.61. The van der Waals surface area contributed by atoms with Gasteiger partial charge in [0.25, 0.3) is 0 Å². The molecule has 1 aliphatic carbocycles. The predicted molar refractivity (Wildman–Crippen MR) is 129 cm³/mol. The van der Waals surface area contributed by atoms with Crippen LogP contribution in [0.2, 0.25) is 0 Å². The van der Waals surface area contributed by atoms with Gasteiger partial charge in [-0.05, 0) is 36.7 Å². The van der Waals surface area contributed by atoms with Crippen molar-refractivity contribution in [3.8, 4) is 0 Å². The van der Waals surface area contributed by atoms with E-state index in [1.807, 2.05) is 36.5 Å². The zero-order valence-electron chi connectivity index (χ0n) is 18.4. The maximum Gasteiger partial charge on any atom is 0.132 e. The summed E-state index contributed by atoms with van der Waals surface area (Å²) in [6, 6.07) is 14.1. The number of rotatable bonds is 8. The van der Waals surface area contributed by atoms with Crippen molar-refractivity contribution in [1.82, 2.24) is 15.2 Å². The molecular weight excluding hydrogens is 399 g/mol. The molecule has 0 atom stereocenters. The molecule has 2 heterocycles. The SMILES string of the molecule is C=CN(CC1CN(C(=C)c2cc(CC3=NNC(=C)c4ccccc43)ccc2F)C1)C1CC1. The monoisotopic (exact) mass is 428 g/mol. The summed E-state index contributed by atoms with van der Waals surface area (Å²) in [5.74, 6) is 0.342. The fourth-order valence-corrected chi connectivity index (χ4v) is 4.64. The lowest BCUT2D eigenvalue weighted by molar-refractivity contribution is 0.135. The van der Waals surface area contributed by atoms with Crippen LogP contribution in [0.5, 0.6) is 0 Å². The first kappa shape index (κ1) is 20.6. The van der Waals surface area contributed by atoms with E-state index in [-0.39, 0.29) is 5.82 Å². The van der Waals surface area contributed by atoms with Crippen LogP contribution in [-0.4, -0.2) is 41.2 Å². The van der Waals surface area contributed by atoms with E-state index in [9.17, 15) is 4.39 Å².